The number of aromatic amines is 1. The first-order valence-electron chi connectivity index (χ1n) is 9.67. The predicted molar refractivity (Wildman–Crippen MR) is 123 cm³/mol. The molecule has 3 aromatic carbocycles. The van der Waals surface area contributed by atoms with Gasteiger partial charge in [0.05, 0.1) is 6.54 Å². The SMILES string of the molecule is NC(=NCc1cccc2ccccc12)NC(=O)NCCc1c[nH]c2ccc(Cl)cc12. The number of carbonyl (C=O) groups is 1. The minimum Gasteiger partial charge on any atom is -0.370 e. The highest BCUT2D eigenvalue weighted by Gasteiger charge is 2.07. The Bertz CT molecular complexity index is 1230. The molecular formula is C23H22ClN5O. The molecule has 4 rings (SSSR count). The highest BCUT2D eigenvalue weighted by molar-refractivity contribution is 6.31. The standard InChI is InChI=1S/C23H22ClN5O/c24-18-8-9-21-20(12-18)17(13-27-21)10-11-26-23(30)29-22(25)28-14-16-6-3-5-15-4-1-2-7-19(15)16/h1-9,12-13,27H,10-11,14H2,(H4,25,26,28,29,30). The van der Waals surface area contributed by atoms with E-state index in [9.17, 15) is 4.79 Å². The second-order valence-electron chi connectivity index (χ2n) is 6.97. The average molecular weight is 420 g/mol. The number of nitrogens with one attached hydrogen (secondary N) is 3. The van der Waals surface area contributed by atoms with Crippen LogP contribution in [0.1, 0.15) is 11.1 Å². The van der Waals surface area contributed by atoms with Gasteiger partial charge < -0.3 is 16.0 Å². The molecule has 152 valence electrons. The van der Waals surface area contributed by atoms with E-state index in [2.05, 4.69) is 38.8 Å². The number of aromatic nitrogens is 1. The molecule has 0 aliphatic heterocycles. The van der Waals surface area contributed by atoms with E-state index in [4.69, 9.17) is 17.3 Å². The number of amides is 2. The second-order valence-corrected chi connectivity index (χ2v) is 7.41. The van der Waals surface area contributed by atoms with E-state index in [1.54, 1.807) is 0 Å². The highest BCUT2D eigenvalue weighted by Crippen LogP contribution is 2.22. The van der Waals surface area contributed by atoms with Crippen LogP contribution in [-0.4, -0.2) is 23.5 Å². The molecule has 0 saturated heterocycles. The summed E-state index contributed by atoms with van der Waals surface area (Å²) in [6.45, 7) is 0.853. The number of fused-ring (bicyclic) bond motifs is 2. The third-order valence-corrected chi connectivity index (χ3v) is 5.19. The number of halogens is 1. The van der Waals surface area contributed by atoms with Crippen LogP contribution in [0.3, 0.4) is 0 Å². The number of rotatable bonds is 5. The van der Waals surface area contributed by atoms with Crippen LogP contribution in [-0.2, 0) is 13.0 Å². The number of guanidine groups is 1. The Kier molecular flexibility index (Phi) is 5.86. The molecular weight excluding hydrogens is 398 g/mol. The number of benzene rings is 3. The van der Waals surface area contributed by atoms with Gasteiger partial charge in [0.25, 0.3) is 0 Å². The lowest BCUT2D eigenvalue weighted by molar-refractivity contribution is 0.245. The van der Waals surface area contributed by atoms with Gasteiger partial charge in [0.2, 0.25) is 0 Å². The van der Waals surface area contributed by atoms with Crippen molar-refractivity contribution in [2.24, 2.45) is 10.7 Å². The van der Waals surface area contributed by atoms with Gasteiger partial charge in [-0.15, -0.1) is 0 Å². The van der Waals surface area contributed by atoms with Crippen molar-refractivity contribution in [1.29, 1.82) is 0 Å². The molecule has 0 aliphatic rings. The molecule has 0 fully saturated rings. The van der Waals surface area contributed by atoms with Gasteiger partial charge in [0.1, 0.15) is 0 Å². The zero-order chi connectivity index (χ0) is 20.9. The number of carbonyl (C=O) groups excluding carboxylic acids is 1. The monoisotopic (exact) mass is 419 g/mol. The van der Waals surface area contributed by atoms with Crippen LogP contribution < -0.4 is 16.4 Å². The first-order valence-corrected chi connectivity index (χ1v) is 10.0. The van der Waals surface area contributed by atoms with Gasteiger partial charge in [-0.2, -0.15) is 0 Å². The molecule has 0 unspecified atom stereocenters. The average Bonchev–Trinajstić information content (AvgIpc) is 3.14. The summed E-state index contributed by atoms with van der Waals surface area (Å²) in [6, 6.07) is 19.5. The highest BCUT2D eigenvalue weighted by atomic mass is 35.5. The van der Waals surface area contributed by atoms with Crippen LogP contribution in [0.25, 0.3) is 21.7 Å². The van der Waals surface area contributed by atoms with Gasteiger partial charge in [-0.3, -0.25) is 5.32 Å². The van der Waals surface area contributed by atoms with E-state index in [0.29, 0.717) is 24.5 Å². The number of hydrogen-bond acceptors (Lipinski definition) is 2. The zero-order valence-corrected chi connectivity index (χ0v) is 17.0. The summed E-state index contributed by atoms with van der Waals surface area (Å²) in [4.78, 5) is 19.6. The van der Waals surface area contributed by atoms with E-state index >= 15 is 0 Å². The molecule has 1 aromatic heterocycles. The summed E-state index contributed by atoms with van der Waals surface area (Å²) in [5.41, 5.74) is 9.04. The fraction of sp³-hybridized carbons (Fsp3) is 0.130. The smallest absolute Gasteiger partial charge is 0.321 e. The van der Waals surface area contributed by atoms with Gasteiger partial charge in [-0.05, 0) is 46.5 Å². The first-order chi connectivity index (χ1) is 14.6. The maximum Gasteiger partial charge on any atom is 0.321 e. The topological polar surface area (TPSA) is 95.3 Å². The summed E-state index contributed by atoms with van der Waals surface area (Å²) >= 11 is 6.07. The first kappa shape index (κ1) is 19.8. The van der Waals surface area contributed by atoms with Crippen molar-refractivity contribution in [3.8, 4) is 0 Å². The molecule has 0 radical (unpaired) electrons. The summed E-state index contributed by atoms with van der Waals surface area (Å²) < 4.78 is 0. The van der Waals surface area contributed by atoms with Gasteiger partial charge in [-0.25, -0.2) is 9.79 Å². The number of nitrogens with zero attached hydrogens (tertiary/aromatic N) is 1. The normalized spacial score (nSPS) is 11.7. The Morgan fingerprint density at radius 2 is 1.87 bits per heavy atom. The van der Waals surface area contributed by atoms with Crippen molar-refractivity contribution in [2.45, 2.75) is 13.0 Å². The van der Waals surface area contributed by atoms with Crippen molar-refractivity contribution in [2.75, 3.05) is 6.54 Å². The maximum absolute atomic E-state index is 12.1. The van der Waals surface area contributed by atoms with Gasteiger partial charge in [0, 0.05) is 28.7 Å². The molecule has 0 bridgehead atoms. The Hall–Kier alpha value is -3.51. The van der Waals surface area contributed by atoms with Crippen LogP contribution in [0.5, 0.6) is 0 Å². The van der Waals surface area contributed by atoms with Crippen LogP contribution in [0.2, 0.25) is 5.02 Å². The molecule has 0 aliphatic carbocycles. The summed E-state index contributed by atoms with van der Waals surface area (Å²) in [7, 11) is 0. The molecule has 0 saturated carbocycles. The molecule has 0 spiro atoms. The van der Waals surface area contributed by atoms with E-state index < -0.39 is 0 Å². The van der Waals surface area contributed by atoms with Gasteiger partial charge in [-0.1, -0.05) is 54.1 Å². The van der Waals surface area contributed by atoms with Crippen molar-refractivity contribution >= 4 is 45.3 Å². The molecule has 0 atom stereocenters. The van der Waals surface area contributed by atoms with Crippen molar-refractivity contribution in [3.05, 3.63) is 83.0 Å². The largest absolute Gasteiger partial charge is 0.370 e. The van der Waals surface area contributed by atoms with Crippen LogP contribution >= 0.6 is 11.6 Å². The lowest BCUT2D eigenvalue weighted by Gasteiger charge is -2.08. The quantitative estimate of drug-likeness (QED) is 0.286. The second kappa shape index (κ2) is 8.88. The molecule has 7 heteroatoms. The molecule has 5 N–H and O–H groups in total. The Morgan fingerprint density at radius 1 is 1.03 bits per heavy atom. The molecule has 1 heterocycles. The molecule has 6 nitrogen and oxygen atoms in total. The van der Waals surface area contributed by atoms with Crippen molar-refractivity contribution in [3.63, 3.8) is 0 Å². The van der Waals surface area contributed by atoms with E-state index in [0.717, 1.165) is 32.8 Å². The number of nitrogens with two attached hydrogens (primary N) is 1. The number of aliphatic imine (C=N–C) groups is 1. The van der Waals surface area contributed by atoms with E-state index in [1.165, 1.54) is 0 Å². The fourth-order valence-corrected chi connectivity index (χ4v) is 3.64. The molecule has 2 amide bonds. The lowest BCUT2D eigenvalue weighted by Crippen LogP contribution is -2.44. The minimum atomic E-state index is -0.382. The maximum atomic E-state index is 12.1. The molecule has 4 aromatic rings. The third-order valence-electron chi connectivity index (χ3n) is 4.95. The lowest BCUT2D eigenvalue weighted by atomic mass is 10.1. The summed E-state index contributed by atoms with van der Waals surface area (Å²) in [5, 5.41) is 9.39. The number of hydrogen-bond donors (Lipinski definition) is 4. The fourth-order valence-electron chi connectivity index (χ4n) is 3.47. The number of H-pyrrole nitrogens is 1. The van der Waals surface area contributed by atoms with Gasteiger partial charge in [0.15, 0.2) is 5.96 Å². The van der Waals surface area contributed by atoms with Crippen molar-refractivity contribution < 1.29 is 4.79 Å². The van der Waals surface area contributed by atoms with E-state index in [1.807, 2.05) is 48.7 Å². The predicted octanol–water partition coefficient (Wildman–Crippen LogP) is 4.33. The molecule has 30 heavy (non-hydrogen) atoms. The number of urea groups is 1. The third kappa shape index (κ3) is 4.55. The Labute approximate surface area is 179 Å². The zero-order valence-electron chi connectivity index (χ0n) is 16.3. The minimum absolute atomic E-state index is 0.0827. The van der Waals surface area contributed by atoms with Crippen molar-refractivity contribution in [1.82, 2.24) is 15.6 Å². The van der Waals surface area contributed by atoms with Crippen LogP contribution in [0, 0.1) is 0 Å². The van der Waals surface area contributed by atoms with Crippen LogP contribution in [0.15, 0.2) is 71.9 Å². The Balaban J connectivity index is 1.30. The Morgan fingerprint density at radius 3 is 2.77 bits per heavy atom. The van der Waals surface area contributed by atoms with E-state index in [-0.39, 0.29) is 12.0 Å². The van der Waals surface area contributed by atoms with Crippen LogP contribution in [0.4, 0.5) is 4.79 Å². The summed E-state index contributed by atoms with van der Waals surface area (Å²) in [5.74, 6) is 0.0827. The van der Waals surface area contributed by atoms with Gasteiger partial charge >= 0.3 is 6.03 Å². The summed E-state index contributed by atoms with van der Waals surface area (Å²) in [6.07, 6.45) is 2.60.